The third-order valence-electron chi connectivity index (χ3n) is 4.26. The summed E-state index contributed by atoms with van der Waals surface area (Å²) in [4.78, 5) is 14.3. The lowest BCUT2D eigenvalue weighted by molar-refractivity contribution is -0.135. The van der Waals surface area contributed by atoms with Crippen molar-refractivity contribution in [1.29, 1.82) is 0 Å². The molecule has 0 saturated heterocycles. The number of rotatable bonds is 2. The molecule has 1 fully saturated rings. The van der Waals surface area contributed by atoms with E-state index in [0.717, 1.165) is 28.6 Å². The second-order valence-corrected chi connectivity index (χ2v) is 6.49. The van der Waals surface area contributed by atoms with Gasteiger partial charge in [-0.1, -0.05) is 22.4 Å². The maximum atomic E-state index is 12.5. The minimum Gasteiger partial charge on any atom is -0.491 e. The summed E-state index contributed by atoms with van der Waals surface area (Å²) in [6.07, 6.45) is 3.36. The Morgan fingerprint density at radius 1 is 1.45 bits per heavy atom. The van der Waals surface area contributed by atoms with E-state index < -0.39 is 0 Å². The van der Waals surface area contributed by atoms with Gasteiger partial charge >= 0.3 is 0 Å². The Balaban J connectivity index is 1.75. The number of halogens is 1. The van der Waals surface area contributed by atoms with Gasteiger partial charge in [-0.2, -0.15) is 0 Å². The molecule has 0 bridgehead atoms. The molecule has 0 unspecified atom stereocenters. The van der Waals surface area contributed by atoms with Crippen LogP contribution in [0.25, 0.3) is 0 Å². The maximum absolute atomic E-state index is 12.5. The number of amides is 1. The van der Waals surface area contributed by atoms with Crippen LogP contribution in [-0.2, 0) is 11.3 Å². The molecule has 5 heteroatoms. The quantitative estimate of drug-likeness (QED) is 0.900. The molecule has 3 rings (SSSR count). The molecule has 0 spiro atoms. The zero-order valence-corrected chi connectivity index (χ0v) is 12.9. The number of hydrogen-bond acceptors (Lipinski definition) is 3. The van der Waals surface area contributed by atoms with Crippen molar-refractivity contribution in [3.05, 3.63) is 28.2 Å². The lowest BCUT2D eigenvalue weighted by Crippen LogP contribution is -2.49. The Morgan fingerprint density at radius 3 is 2.95 bits per heavy atom. The van der Waals surface area contributed by atoms with Crippen molar-refractivity contribution < 1.29 is 9.53 Å². The number of benzene rings is 1. The molecule has 1 aliphatic heterocycles. The van der Waals surface area contributed by atoms with Crippen LogP contribution < -0.4 is 10.5 Å². The Labute approximate surface area is 127 Å². The molecular formula is C15H19BrN2O2. The second kappa shape index (κ2) is 5.74. The number of fused-ring (bicyclic) bond motifs is 1. The van der Waals surface area contributed by atoms with Crippen LogP contribution in [-0.4, -0.2) is 30.0 Å². The molecule has 0 aromatic heterocycles. The van der Waals surface area contributed by atoms with Gasteiger partial charge in [0.1, 0.15) is 12.4 Å². The summed E-state index contributed by atoms with van der Waals surface area (Å²) in [5.41, 5.74) is 7.15. The van der Waals surface area contributed by atoms with Crippen molar-refractivity contribution in [3.8, 4) is 5.75 Å². The number of ether oxygens (including phenoxy) is 1. The topological polar surface area (TPSA) is 55.6 Å². The van der Waals surface area contributed by atoms with E-state index in [1.165, 1.54) is 6.42 Å². The first-order valence-electron chi connectivity index (χ1n) is 7.11. The zero-order chi connectivity index (χ0) is 14.1. The molecule has 1 amide bonds. The lowest BCUT2D eigenvalue weighted by Gasteiger charge is -2.33. The summed E-state index contributed by atoms with van der Waals surface area (Å²) in [5, 5.41) is 0. The van der Waals surface area contributed by atoms with Crippen molar-refractivity contribution >= 4 is 21.8 Å². The molecular weight excluding hydrogens is 320 g/mol. The van der Waals surface area contributed by atoms with Gasteiger partial charge in [0.15, 0.2) is 0 Å². The largest absolute Gasteiger partial charge is 0.491 e. The van der Waals surface area contributed by atoms with Crippen LogP contribution in [0.15, 0.2) is 22.7 Å². The Bertz CT molecular complexity index is 517. The number of carbonyl (C=O) groups is 1. The standard InChI is InChI=1S/C15H19BrN2O2/c16-12-4-5-13-11(8-12)9-18(6-7-20-13)15(19)14(17)10-2-1-3-10/h4-5,8,10,14H,1-3,6-7,9,17H2/t14-/m0/s1. The number of hydrogen-bond donors (Lipinski definition) is 1. The van der Waals surface area contributed by atoms with E-state index in [1.54, 1.807) is 0 Å². The fourth-order valence-electron chi connectivity index (χ4n) is 2.76. The summed E-state index contributed by atoms with van der Waals surface area (Å²) in [5.74, 6) is 1.29. The van der Waals surface area contributed by atoms with Gasteiger partial charge in [0.05, 0.1) is 12.6 Å². The first kappa shape index (κ1) is 13.9. The minimum absolute atomic E-state index is 0.0612. The predicted octanol–water partition coefficient (Wildman–Crippen LogP) is 2.30. The molecule has 1 aromatic rings. The van der Waals surface area contributed by atoms with E-state index in [9.17, 15) is 4.79 Å². The van der Waals surface area contributed by atoms with Crippen molar-refractivity contribution in [2.45, 2.75) is 31.8 Å². The van der Waals surface area contributed by atoms with E-state index >= 15 is 0 Å². The monoisotopic (exact) mass is 338 g/mol. The first-order valence-corrected chi connectivity index (χ1v) is 7.90. The van der Waals surface area contributed by atoms with Crippen LogP contribution in [0.4, 0.5) is 0 Å². The van der Waals surface area contributed by atoms with Gasteiger partial charge in [0.2, 0.25) is 5.91 Å². The van der Waals surface area contributed by atoms with Gasteiger partial charge in [-0.3, -0.25) is 4.79 Å². The SMILES string of the molecule is N[C@H](C(=O)N1CCOc2ccc(Br)cc2C1)C1CCC1. The molecule has 20 heavy (non-hydrogen) atoms. The third-order valence-corrected chi connectivity index (χ3v) is 4.75. The van der Waals surface area contributed by atoms with Gasteiger partial charge < -0.3 is 15.4 Å². The summed E-state index contributed by atoms with van der Waals surface area (Å²) in [6.45, 7) is 1.71. The molecule has 2 N–H and O–H groups in total. The molecule has 1 aromatic carbocycles. The summed E-state index contributed by atoms with van der Waals surface area (Å²) in [6, 6.07) is 5.56. The fourth-order valence-corrected chi connectivity index (χ4v) is 3.17. The first-order chi connectivity index (χ1) is 9.65. The second-order valence-electron chi connectivity index (χ2n) is 5.58. The number of nitrogens with zero attached hydrogens (tertiary/aromatic N) is 1. The average Bonchev–Trinajstić information content (AvgIpc) is 2.57. The van der Waals surface area contributed by atoms with E-state index in [4.69, 9.17) is 10.5 Å². The highest BCUT2D eigenvalue weighted by molar-refractivity contribution is 9.10. The molecule has 108 valence electrons. The molecule has 1 atom stereocenters. The number of nitrogens with two attached hydrogens (primary N) is 1. The molecule has 1 saturated carbocycles. The van der Waals surface area contributed by atoms with Crippen molar-refractivity contribution in [2.75, 3.05) is 13.2 Å². The van der Waals surface area contributed by atoms with E-state index in [-0.39, 0.29) is 11.9 Å². The molecule has 0 radical (unpaired) electrons. The Kier molecular flexibility index (Phi) is 3.98. The van der Waals surface area contributed by atoms with Crippen LogP contribution >= 0.6 is 15.9 Å². The summed E-state index contributed by atoms with van der Waals surface area (Å²) in [7, 11) is 0. The van der Waals surface area contributed by atoms with Crippen molar-refractivity contribution in [2.24, 2.45) is 11.7 Å². The molecule has 2 aliphatic rings. The van der Waals surface area contributed by atoms with Crippen LogP contribution in [0.2, 0.25) is 0 Å². The number of carbonyl (C=O) groups excluding carboxylic acids is 1. The van der Waals surface area contributed by atoms with Gasteiger partial charge in [0.25, 0.3) is 0 Å². The van der Waals surface area contributed by atoms with E-state index in [2.05, 4.69) is 15.9 Å². The van der Waals surface area contributed by atoms with Gasteiger partial charge in [-0.15, -0.1) is 0 Å². The van der Waals surface area contributed by atoms with Crippen molar-refractivity contribution in [1.82, 2.24) is 4.90 Å². The minimum atomic E-state index is -0.350. The predicted molar refractivity (Wildman–Crippen MR) is 80.4 cm³/mol. The Hall–Kier alpha value is -1.07. The van der Waals surface area contributed by atoms with Gasteiger partial charge in [-0.25, -0.2) is 0 Å². The lowest BCUT2D eigenvalue weighted by atomic mass is 9.79. The van der Waals surface area contributed by atoms with Gasteiger partial charge in [0, 0.05) is 16.6 Å². The maximum Gasteiger partial charge on any atom is 0.240 e. The zero-order valence-electron chi connectivity index (χ0n) is 11.3. The Morgan fingerprint density at radius 2 is 2.25 bits per heavy atom. The smallest absolute Gasteiger partial charge is 0.240 e. The molecule has 4 nitrogen and oxygen atoms in total. The van der Waals surface area contributed by atoms with Crippen LogP contribution in [0.1, 0.15) is 24.8 Å². The molecule has 1 heterocycles. The van der Waals surface area contributed by atoms with Crippen LogP contribution in [0, 0.1) is 5.92 Å². The van der Waals surface area contributed by atoms with Crippen LogP contribution in [0.3, 0.4) is 0 Å². The van der Waals surface area contributed by atoms with E-state index in [0.29, 0.717) is 25.6 Å². The van der Waals surface area contributed by atoms with Gasteiger partial charge in [-0.05, 0) is 37.0 Å². The molecule has 1 aliphatic carbocycles. The average molecular weight is 339 g/mol. The highest BCUT2D eigenvalue weighted by Gasteiger charge is 2.33. The van der Waals surface area contributed by atoms with Crippen molar-refractivity contribution in [3.63, 3.8) is 0 Å². The highest BCUT2D eigenvalue weighted by Crippen LogP contribution is 2.31. The third kappa shape index (κ3) is 2.69. The summed E-state index contributed by atoms with van der Waals surface area (Å²) >= 11 is 3.46. The normalized spacial score (nSPS) is 20.4. The van der Waals surface area contributed by atoms with E-state index in [1.807, 2.05) is 23.1 Å². The highest BCUT2D eigenvalue weighted by atomic mass is 79.9. The summed E-state index contributed by atoms with van der Waals surface area (Å²) < 4.78 is 6.71. The fraction of sp³-hybridized carbons (Fsp3) is 0.533. The van der Waals surface area contributed by atoms with Crippen LogP contribution in [0.5, 0.6) is 5.75 Å².